The average Bonchev–Trinajstić information content (AvgIpc) is 1.86. The summed E-state index contributed by atoms with van der Waals surface area (Å²) in [5.74, 6) is -1.33. The predicted molar refractivity (Wildman–Crippen MR) is 36.4 cm³/mol. The van der Waals surface area contributed by atoms with Crippen LogP contribution in [0.25, 0.3) is 0 Å². The van der Waals surface area contributed by atoms with Crippen LogP contribution in [-0.4, -0.2) is 11.9 Å². The first kappa shape index (κ1) is 8.30. The second-order valence-electron chi connectivity index (χ2n) is 2.56. The minimum atomic E-state index is -4.12. The molecule has 0 aromatic rings. The Morgan fingerprint density at radius 1 is 1.55 bits per heavy atom. The summed E-state index contributed by atoms with van der Waals surface area (Å²) in [6, 6.07) is 0. The van der Waals surface area contributed by atoms with E-state index in [1.54, 1.807) is 6.92 Å². The fraction of sp³-hybridized carbons (Fsp3) is 0.571. The second kappa shape index (κ2) is 2.68. The Kier molecular flexibility index (Phi) is 2.02. The Hall–Kier alpha value is -0.800. The van der Waals surface area contributed by atoms with Crippen LogP contribution in [0.4, 0.5) is 13.2 Å². The Morgan fingerprint density at radius 3 is 2.55 bits per heavy atom. The van der Waals surface area contributed by atoms with Gasteiger partial charge in [-0.15, -0.1) is 0 Å². The van der Waals surface area contributed by atoms with E-state index in [9.17, 15) is 13.2 Å². The molecule has 0 saturated carbocycles. The standard InChI is InChI=1S/C7H8F3N/c1-5-4-6(2-3-11-5)7(8,9)10/h2-3,6H,4H2,1H3. The first-order valence-electron chi connectivity index (χ1n) is 3.27. The molecule has 0 spiro atoms. The summed E-state index contributed by atoms with van der Waals surface area (Å²) >= 11 is 0. The van der Waals surface area contributed by atoms with Crippen LogP contribution in [0, 0.1) is 5.92 Å². The van der Waals surface area contributed by atoms with E-state index in [4.69, 9.17) is 0 Å². The molecule has 1 aliphatic rings. The van der Waals surface area contributed by atoms with Gasteiger partial charge in [0, 0.05) is 18.3 Å². The van der Waals surface area contributed by atoms with Crippen molar-refractivity contribution in [3.05, 3.63) is 12.3 Å². The molecule has 1 nitrogen and oxygen atoms in total. The molecule has 1 rings (SSSR count). The van der Waals surface area contributed by atoms with E-state index in [0.29, 0.717) is 5.71 Å². The lowest BCUT2D eigenvalue weighted by Crippen LogP contribution is -2.24. The van der Waals surface area contributed by atoms with E-state index in [2.05, 4.69) is 4.99 Å². The number of hydrogen-bond acceptors (Lipinski definition) is 1. The van der Waals surface area contributed by atoms with E-state index in [-0.39, 0.29) is 6.42 Å². The summed E-state index contributed by atoms with van der Waals surface area (Å²) in [6.07, 6.45) is -1.81. The van der Waals surface area contributed by atoms with Gasteiger partial charge in [0.05, 0.1) is 5.92 Å². The van der Waals surface area contributed by atoms with Crippen LogP contribution in [-0.2, 0) is 0 Å². The molecule has 1 atom stereocenters. The maximum atomic E-state index is 12.0. The maximum absolute atomic E-state index is 12.0. The van der Waals surface area contributed by atoms with Crippen LogP contribution in [0.5, 0.6) is 0 Å². The molecule has 0 aromatic carbocycles. The van der Waals surface area contributed by atoms with Gasteiger partial charge in [0.1, 0.15) is 0 Å². The van der Waals surface area contributed by atoms with Crippen LogP contribution in [0.2, 0.25) is 0 Å². The quantitative estimate of drug-likeness (QED) is 0.520. The third-order valence-electron chi connectivity index (χ3n) is 1.55. The Balaban J connectivity index is 2.67. The Bertz CT molecular complexity index is 202. The van der Waals surface area contributed by atoms with Gasteiger partial charge in [-0.05, 0) is 6.92 Å². The lowest BCUT2D eigenvalue weighted by atomic mass is 10.0. The molecule has 0 radical (unpaired) electrons. The molecule has 1 unspecified atom stereocenters. The van der Waals surface area contributed by atoms with Crippen molar-refractivity contribution in [2.24, 2.45) is 10.9 Å². The molecule has 1 heterocycles. The number of nitrogens with zero attached hydrogens (tertiary/aromatic N) is 1. The molecule has 0 saturated heterocycles. The minimum absolute atomic E-state index is 0. The van der Waals surface area contributed by atoms with Gasteiger partial charge >= 0.3 is 6.18 Å². The summed E-state index contributed by atoms with van der Waals surface area (Å²) in [6.45, 7) is 1.60. The topological polar surface area (TPSA) is 12.4 Å². The zero-order chi connectivity index (χ0) is 8.48. The molecule has 0 fully saturated rings. The van der Waals surface area contributed by atoms with Crippen LogP contribution in [0.15, 0.2) is 17.3 Å². The van der Waals surface area contributed by atoms with E-state index >= 15 is 0 Å². The van der Waals surface area contributed by atoms with Gasteiger partial charge in [-0.25, -0.2) is 0 Å². The molecular formula is C7H8F3N. The smallest absolute Gasteiger partial charge is 0.266 e. The number of hydrogen-bond donors (Lipinski definition) is 0. The Morgan fingerprint density at radius 2 is 2.18 bits per heavy atom. The van der Waals surface area contributed by atoms with Crippen molar-refractivity contribution < 1.29 is 13.2 Å². The Labute approximate surface area is 62.6 Å². The molecule has 11 heavy (non-hydrogen) atoms. The van der Waals surface area contributed by atoms with Gasteiger partial charge in [0.15, 0.2) is 0 Å². The number of rotatable bonds is 0. The van der Waals surface area contributed by atoms with Gasteiger partial charge in [-0.1, -0.05) is 6.08 Å². The van der Waals surface area contributed by atoms with E-state index in [0.717, 1.165) is 6.08 Å². The summed E-state index contributed by atoms with van der Waals surface area (Å²) in [7, 11) is 0. The van der Waals surface area contributed by atoms with Crippen molar-refractivity contribution in [1.82, 2.24) is 0 Å². The van der Waals surface area contributed by atoms with Crippen molar-refractivity contribution in [1.29, 1.82) is 0 Å². The average molecular weight is 163 g/mol. The molecule has 0 aromatic heterocycles. The van der Waals surface area contributed by atoms with Crippen molar-refractivity contribution in [3.8, 4) is 0 Å². The van der Waals surface area contributed by atoms with Crippen molar-refractivity contribution in [2.75, 3.05) is 0 Å². The number of allylic oxidation sites excluding steroid dienone is 1. The van der Waals surface area contributed by atoms with Gasteiger partial charge in [-0.3, -0.25) is 4.99 Å². The zero-order valence-corrected chi connectivity index (χ0v) is 6.02. The molecular weight excluding hydrogens is 155 g/mol. The normalized spacial score (nSPS) is 25.1. The summed E-state index contributed by atoms with van der Waals surface area (Å²) in [5, 5.41) is 0. The van der Waals surface area contributed by atoms with Crippen LogP contribution < -0.4 is 0 Å². The number of alkyl halides is 3. The minimum Gasteiger partial charge on any atom is -0.266 e. The first-order valence-corrected chi connectivity index (χ1v) is 3.27. The monoisotopic (exact) mass is 163 g/mol. The molecule has 4 heteroatoms. The van der Waals surface area contributed by atoms with E-state index in [1.165, 1.54) is 6.20 Å². The summed E-state index contributed by atoms with van der Waals surface area (Å²) < 4.78 is 36.0. The van der Waals surface area contributed by atoms with Crippen LogP contribution in [0.1, 0.15) is 13.3 Å². The molecule has 0 amide bonds. The number of aliphatic imine (C=N–C) groups is 1. The summed E-state index contributed by atoms with van der Waals surface area (Å²) in [4.78, 5) is 3.73. The summed E-state index contributed by atoms with van der Waals surface area (Å²) in [5.41, 5.74) is 0.537. The highest BCUT2D eigenvalue weighted by Gasteiger charge is 2.38. The lowest BCUT2D eigenvalue weighted by molar-refractivity contribution is -0.159. The van der Waals surface area contributed by atoms with Crippen LogP contribution in [0.3, 0.4) is 0 Å². The maximum Gasteiger partial charge on any atom is 0.395 e. The SMILES string of the molecule is CC1=NC=CC(C(F)(F)F)C1. The highest BCUT2D eigenvalue weighted by atomic mass is 19.4. The van der Waals surface area contributed by atoms with Gasteiger partial charge in [0.2, 0.25) is 0 Å². The van der Waals surface area contributed by atoms with Gasteiger partial charge < -0.3 is 0 Å². The lowest BCUT2D eigenvalue weighted by Gasteiger charge is -2.18. The fourth-order valence-electron chi connectivity index (χ4n) is 0.938. The van der Waals surface area contributed by atoms with Crippen molar-refractivity contribution in [3.63, 3.8) is 0 Å². The van der Waals surface area contributed by atoms with Crippen molar-refractivity contribution >= 4 is 5.71 Å². The van der Waals surface area contributed by atoms with E-state index < -0.39 is 12.1 Å². The highest BCUT2D eigenvalue weighted by molar-refractivity contribution is 5.83. The zero-order valence-electron chi connectivity index (χ0n) is 6.02. The molecule has 0 bridgehead atoms. The molecule has 0 aliphatic carbocycles. The number of halogens is 3. The molecule has 1 aliphatic heterocycles. The second-order valence-corrected chi connectivity index (χ2v) is 2.56. The highest BCUT2D eigenvalue weighted by Crippen LogP contribution is 2.31. The molecule has 62 valence electrons. The third-order valence-corrected chi connectivity index (χ3v) is 1.55. The van der Waals surface area contributed by atoms with Gasteiger partial charge in [0.25, 0.3) is 0 Å². The van der Waals surface area contributed by atoms with Gasteiger partial charge in [-0.2, -0.15) is 13.2 Å². The van der Waals surface area contributed by atoms with Crippen LogP contribution >= 0.6 is 0 Å². The fourth-order valence-corrected chi connectivity index (χ4v) is 0.938. The third kappa shape index (κ3) is 2.06. The van der Waals surface area contributed by atoms with Crippen molar-refractivity contribution in [2.45, 2.75) is 19.5 Å². The predicted octanol–water partition coefficient (Wildman–Crippen LogP) is 2.54. The van der Waals surface area contributed by atoms with E-state index in [1.807, 2.05) is 0 Å². The molecule has 0 N–H and O–H groups in total. The largest absolute Gasteiger partial charge is 0.395 e. The first-order chi connectivity index (χ1) is 5.00.